The van der Waals surface area contributed by atoms with Gasteiger partial charge in [-0.3, -0.25) is 19.9 Å². The lowest BCUT2D eigenvalue weighted by Gasteiger charge is -2.32. The van der Waals surface area contributed by atoms with E-state index in [0.29, 0.717) is 25.9 Å². The van der Waals surface area contributed by atoms with Crippen molar-refractivity contribution in [3.63, 3.8) is 0 Å². The van der Waals surface area contributed by atoms with Gasteiger partial charge in [-0.25, -0.2) is 5.84 Å². The summed E-state index contributed by atoms with van der Waals surface area (Å²) in [4.78, 5) is 25.9. The van der Waals surface area contributed by atoms with Gasteiger partial charge in [-0.05, 0) is 19.4 Å². The third kappa shape index (κ3) is 5.88. The second-order valence-electron chi connectivity index (χ2n) is 5.08. The number of alkyl halides is 3. The maximum atomic E-state index is 12.3. The van der Waals surface area contributed by atoms with Crippen LogP contribution >= 0.6 is 0 Å². The zero-order valence-electron chi connectivity index (χ0n) is 11.9. The number of carbonyl (C=O) groups excluding carboxylic acids is 2. The SMILES string of the molecule is CCN(CC(=O)N1CCC(C(=O)NN)CC1)CC(F)(F)F. The lowest BCUT2D eigenvalue weighted by molar-refractivity contribution is -0.152. The van der Waals surface area contributed by atoms with E-state index in [1.54, 1.807) is 6.92 Å². The Morgan fingerprint density at radius 3 is 2.33 bits per heavy atom. The maximum Gasteiger partial charge on any atom is 0.401 e. The standard InChI is InChI=1S/C12H21F3N4O2/c1-2-18(8-12(13,14)15)7-10(20)19-5-3-9(4-6-19)11(21)17-16/h9H,2-8,16H2,1H3,(H,17,21). The summed E-state index contributed by atoms with van der Waals surface area (Å²) in [7, 11) is 0. The van der Waals surface area contributed by atoms with Gasteiger partial charge in [0.1, 0.15) is 0 Å². The Morgan fingerprint density at radius 2 is 1.90 bits per heavy atom. The van der Waals surface area contributed by atoms with Gasteiger partial charge in [0.05, 0.1) is 13.1 Å². The average Bonchev–Trinajstić information content (AvgIpc) is 2.44. The normalized spacial score (nSPS) is 17.1. The first-order valence-electron chi connectivity index (χ1n) is 6.84. The number of amides is 2. The molecule has 9 heteroatoms. The molecule has 0 spiro atoms. The Labute approximate surface area is 121 Å². The molecule has 1 rings (SSSR count). The fourth-order valence-corrected chi connectivity index (χ4v) is 2.33. The van der Waals surface area contributed by atoms with Gasteiger partial charge in [-0.2, -0.15) is 13.2 Å². The smallest absolute Gasteiger partial charge is 0.342 e. The molecule has 1 aliphatic rings. The second-order valence-corrected chi connectivity index (χ2v) is 5.08. The fraction of sp³-hybridized carbons (Fsp3) is 0.833. The highest BCUT2D eigenvalue weighted by molar-refractivity contribution is 5.80. The van der Waals surface area contributed by atoms with E-state index in [2.05, 4.69) is 5.43 Å². The minimum Gasteiger partial charge on any atom is -0.342 e. The Kier molecular flexibility index (Phi) is 6.41. The molecular formula is C12H21F3N4O2. The number of nitrogens with zero attached hydrogens (tertiary/aromatic N) is 2. The number of hydrogen-bond acceptors (Lipinski definition) is 4. The number of halogens is 3. The molecule has 21 heavy (non-hydrogen) atoms. The lowest BCUT2D eigenvalue weighted by Crippen LogP contribution is -2.48. The number of hydrogen-bond donors (Lipinski definition) is 2. The van der Waals surface area contributed by atoms with Crippen molar-refractivity contribution in [1.29, 1.82) is 0 Å². The molecule has 1 aliphatic heterocycles. The minimum atomic E-state index is -4.32. The van der Waals surface area contributed by atoms with Crippen molar-refractivity contribution in [2.45, 2.75) is 25.9 Å². The van der Waals surface area contributed by atoms with Gasteiger partial charge in [0.2, 0.25) is 11.8 Å². The first-order chi connectivity index (χ1) is 9.76. The van der Waals surface area contributed by atoms with Gasteiger partial charge in [0.15, 0.2) is 0 Å². The zero-order chi connectivity index (χ0) is 16.0. The van der Waals surface area contributed by atoms with Crippen LogP contribution in [0.5, 0.6) is 0 Å². The van der Waals surface area contributed by atoms with Gasteiger partial charge in [0, 0.05) is 19.0 Å². The van der Waals surface area contributed by atoms with Crippen LogP contribution < -0.4 is 11.3 Å². The van der Waals surface area contributed by atoms with E-state index in [-0.39, 0.29) is 30.8 Å². The van der Waals surface area contributed by atoms with Crippen molar-refractivity contribution in [2.75, 3.05) is 32.7 Å². The summed E-state index contributed by atoms with van der Waals surface area (Å²) in [6, 6.07) is 0. The fourth-order valence-electron chi connectivity index (χ4n) is 2.33. The number of likely N-dealkylation sites (N-methyl/N-ethyl adjacent to an activating group) is 1. The average molecular weight is 310 g/mol. The van der Waals surface area contributed by atoms with E-state index in [9.17, 15) is 22.8 Å². The van der Waals surface area contributed by atoms with Gasteiger partial charge < -0.3 is 4.90 Å². The maximum absolute atomic E-state index is 12.3. The number of hydrazine groups is 1. The van der Waals surface area contributed by atoms with E-state index >= 15 is 0 Å². The molecule has 0 radical (unpaired) electrons. The Balaban J connectivity index is 2.44. The molecule has 0 aromatic heterocycles. The Hall–Kier alpha value is -1.35. The molecule has 0 bridgehead atoms. The summed E-state index contributed by atoms with van der Waals surface area (Å²) < 4.78 is 37.0. The van der Waals surface area contributed by atoms with Crippen LogP contribution in [0.1, 0.15) is 19.8 Å². The van der Waals surface area contributed by atoms with E-state index < -0.39 is 12.7 Å². The molecule has 0 aromatic carbocycles. The predicted molar refractivity (Wildman–Crippen MR) is 69.8 cm³/mol. The number of likely N-dealkylation sites (tertiary alicyclic amines) is 1. The van der Waals surface area contributed by atoms with Gasteiger partial charge in [-0.15, -0.1) is 0 Å². The summed E-state index contributed by atoms with van der Waals surface area (Å²) in [5, 5.41) is 0. The Bertz CT molecular complexity index is 368. The molecule has 3 N–H and O–H groups in total. The van der Waals surface area contributed by atoms with Crippen LogP contribution in [0.4, 0.5) is 13.2 Å². The summed E-state index contributed by atoms with van der Waals surface area (Å²) in [5.41, 5.74) is 2.07. The quantitative estimate of drug-likeness (QED) is 0.429. The van der Waals surface area contributed by atoms with Crippen LogP contribution in [0.25, 0.3) is 0 Å². The highest BCUT2D eigenvalue weighted by Gasteiger charge is 2.32. The van der Waals surface area contributed by atoms with Crippen LogP contribution in [0, 0.1) is 5.92 Å². The topological polar surface area (TPSA) is 78.7 Å². The zero-order valence-corrected chi connectivity index (χ0v) is 11.9. The highest BCUT2D eigenvalue weighted by atomic mass is 19.4. The van der Waals surface area contributed by atoms with Crippen LogP contribution in [0.3, 0.4) is 0 Å². The van der Waals surface area contributed by atoms with E-state index in [1.165, 1.54) is 4.90 Å². The molecule has 0 unspecified atom stereocenters. The molecule has 6 nitrogen and oxygen atoms in total. The van der Waals surface area contributed by atoms with Gasteiger partial charge >= 0.3 is 6.18 Å². The summed E-state index contributed by atoms with van der Waals surface area (Å²) in [6.45, 7) is 1.10. The van der Waals surface area contributed by atoms with E-state index in [1.807, 2.05) is 0 Å². The second kappa shape index (κ2) is 7.60. The van der Waals surface area contributed by atoms with Crippen LogP contribution in [-0.2, 0) is 9.59 Å². The number of nitrogens with two attached hydrogens (primary N) is 1. The third-order valence-electron chi connectivity index (χ3n) is 3.57. The Morgan fingerprint density at radius 1 is 1.33 bits per heavy atom. The van der Waals surface area contributed by atoms with Crippen molar-refractivity contribution < 1.29 is 22.8 Å². The molecule has 1 heterocycles. The highest BCUT2D eigenvalue weighted by Crippen LogP contribution is 2.19. The molecular weight excluding hydrogens is 289 g/mol. The molecule has 0 aromatic rings. The number of rotatable bonds is 5. The summed E-state index contributed by atoms with van der Waals surface area (Å²) in [6.07, 6.45) is -3.37. The minimum absolute atomic E-state index is 0.150. The molecule has 122 valence electrons. The van der Waals surface area contributed by atoms with Gasteiger partial charge in [0.25, 0.3) is 0 Å². The number of piperidine rings is 1. The predicted octanol–water partition coefficient (Wildman–Crippen LogP) is 0.0991. The number of carbonyl (C=O) groups is 2. The van der Waals surface area contributed by atoms with Crippen LogP contribution in [-0.4, -0.2) is 60.5 Å². The van der Waals surface area contributed by atoms with Crippen molar-refractivity contribution >= 4 is 11.8 Å². The van der Waals surface area contributed by atoms with Crippen molar-refractivity contribution in [3.8, 4) is 0 Å². The monoisotopic (exact) mass is 310 g/mol. The van der Waals surface area contributed by atoms with Crippen molar-refractivity contribution in [3.05, 3.63) is 0 Å². The summed E-state index contributed by atoms with van der Waals surface area (Å²) >= 11 is 0. The van der Waals surface area contributed by atoms with Gasteiger partial charge in [-0.1, -0.05) is 6.92 Å². The molecule has 0 aliphatic carbocycles. The first kappa shape index (κ1) is 17.7. The molecule has 1 fully saturated rings. The van der Waals surface area contributed by atoms with Crippen LogP contribution in [0.2, 0.25) is 0 Å². The van der Waals surface area contributed by atoms with Crippen molar-refractivity contribution in [2.24, 2.45) is 11.8 Å². The molecule has 1 saturated heterocycles. The molecule has 0 atom stereocenters. The summed E-state index contributed by atoms with van der Waals surface area (Å²) in [5.74, 6) is 4.20. The first-order valence-corrected chi connectivity index (χ1v) is 6.84. The van der Waals surface area contributed by atoms with Crippen LogP contribution in [0.15, 0.2) is 0 Å². The van der Waals surface area contributed by atoms with Crippen molar-refractivity contribution in [1.82, 2.24) is 15.2 Å². The van der Waals surface area contributed by atoms with E-state index in [4.69, 9.17) is 5.84 Å². The lowest BCUT2D eigenvalue weighted by atomic mass is 9.96. The largest absolute Gasteiger partial charge is 0.401 e. The third-order valence-corrected chi connectivity index (χ3v) is 3.57. The number of nitrogens with one attached hydrogen (secondary N) is 1. The molecule has 2 amide bonds. The molecule has 0 saturated carbocycles. The van der Waals surface area contributed by atoms with E-state index in [0.717, 1.165) is 4.90 Å².